The van der Waals surface area contributed by atoms with E-state index in [-0.39, 0.29) is 24.1 Å². The van der Waals surface area contributed by atoms with Crippen molar-refractivity contribution in [1.82, 2.24) is 9.88 Å². The van der Waals surface area contributed by atoms with E-state index in [0.29, 0.717) is 30.3 Å². The van der Waals surface area contributed by atoms with Crippen LogP contribution in [0, 0.1) is 0 Å². The van der Waals surface area contributed by atoms with Gasteiger partial charge in [-0.15, -0.1) is 11.3 Å². The van der Waals surface area contributed by atoms with Crippen molar-refractivity contribution in [3.8, 4) is 0 Å². The molecule has 0 saturated carbocycles. The molecular weight excluding hydrogens is 433 g/mol. The van der Waals surface area contributed by atoms with Gasteiger partial charge in [0.15, 0.2) is 10.9 Å². The Labute approximate surface area is 178 Å². The highest BCUT2D eigenvalue weighted by molar-refractivity contribution is 7.15. The van der Waals surface area contributed by atoms with Crippen molar-refractivity contribution in [3.63, 3.8) is 0 Å². The fraction of sp³-hybridized carbons (Fsp3) is 0.250. The average molecular weight is 450 g/mol. The van der Waals surface area contributed by atoms with Gasteiger partial charge in [0.1, 0.15) is 0 Å². The molecule has 0 atom stereocenters. The maximum absolute atomic E-state index is 12.6. The maximum atomic E-state index is 12.6. The van der Waals surface area contributed by atoms with Gasteiger partial charge >= 0.3 is 6.18 Å². The van der Waals surface area contributed by atoms with Crippen LogP contribution in [0.5, 0.6) is 0 Å². The van der Waals surface area contributed by atoms with Crippen molar-refractivity contribution in [2.45, 2.75) is 19.1 Å². The summed E-state index contributed by atoms with van der Waals surface area (Å²) >= 11 is 1.33. The van der Waals surface area contributed by atoms with E-state index in [1.165, 1.54) is 29.7 Å². The number of fused-ring (bicyclic) bond motifs is 1. The Bertz CT molecular complexity index is 1080. The molecule has 0 radical (unpaired) electrons. The molecule has 11 heteroatoms. The van der Waals surface area contributed by atoms with Crippen LogP contribution in [0.1, 0.15) is 26.7 Å². The molecule has 0 spiro atoms. The highest BCUT2D eigenvalue weighted by Crippen LogP contribution is 2.30. The Morgan fingerprint density at radius 3 is 2.61 bits per heavy atom. The molecule has 0 saturated heterocycles. The second-order valence-electron chi connectivity index (χ2n) is 6.90. The Balaban J connectivity index is 1.32. The number of nitrogens with zero attached hydrogens (tertiary/aromatic N) is 2. The number of benzene rings is 1. The van der Waals surface area contributed by atoms with Crippen LogP contribution in [-0.4, -0.2) is 34.8 Å². The van der Waals surface area contributed by atoms with E-state index in [1.807, 2.05) is 4.90 Å². The first-order chi connectivity index (χ1) is 14.8. The number of anilines is 2. The summed E-state index contributed by atoms with van der Waals surface area (Å²) in [4.78, 5) is 31.7. The maximum Gasteiger partial charge on any atom is 0.416 e. The molecule has 2 amide bonds. The zero-order valence-electron chi connectivity index (χ0n) is 16.0. The number of halogens is 3. The smallest absolute Gasteiger partial charge is 0.416 e. The third kappa shape index (κ3) is 5.12. The summed E-state index contributed by atoms with van der Waals surface area (Å²) in [6.45, 7) is 1.18. The van der Waals surface area contributed by atoms with Gasteiger partial charge in [-0.05, 0) is 36.4 Å². The predicted molar refractivity (Wildman–Crippen MR) is 108 cm³/mol. The topological polar surface area (TPSA) is 87.5 Å². The van der Waals surface area contributed by atoms with Crippen LogP contribution in [0.4, 0.5) is 24.0 Å². The Hall–Kier alpha value is -3.18. The number of carbonyl (C=O) groups is 2. The minimum Gasteiger partial charge on any atom is -0.459 e. The van der Waals surface area contributed by atoms with Crippen LogP contribution in [0.3, 0.4) is 0 Å². The lowest BCUT2D eigenvalue weighted by molar-refractivity contribution is -0.137. The van der Waals surface area contributed by atoms with Crippen molar-refractivity contribution >= 4 is 34.0 Å². The second-order valence-corrected chi connectivity index (χ2v) is 7.99. The molecular formula is C20H17F3N4O3S. The second kappa shape index (κ2) is 8.52. The van der Waals surface area contributed by atoms with E-state index < -0.39 is 11.7 Å². The molecule has 2 aromatic heterocycles. The summed E-state index contributed by atoms with van der Waals surface area (Å²) in [5.74, 6) is -0.516. The van der Waals surface area contributed by atoms with Gasteiger partial charge in [0.2, 0.25) is 5.91 Å². The molecule has 1 aliphatic rings. The zero-order valence-corrected chi connectivity index (χ0v) is 16.8. The van der Waals surface area contributed by atoms with Gasteiger partial charge in [-0.1, -0.05) is 0 Å². The third-order valence-corrected chi connectivity index (χ3v) is 5.64. The normalized spacial score (nSPS) is 14.2. The van der Waals surface area contributed by atoms with Gasteiger partial charge < -0.3 is 9.73 Å². The van der Waals surface area contributed by atoms with E-state index in [9.17, 15) is 22.8 Å². The van der Waals surface area contributed by atoms with E-state index >= 15 is 0 Å². The number of aromatic nitrogens is 1. The van der Waals surface area contributed by atoms with Gasteiger partial charge in [0.25, 0.3) is 5.91 Å². The highest BCUT2D eigenvalue weighted by Gasteiger charge is 2.30. The van der Waals surface area contributed by atoms with E-state index in [2.05, 4.69) is 15.6 Å². The molecule has 4 rings (SSSR count). The number of hydrogen-bond acceptors (Lipinski definition) is 6. The van der Waals surface area contributed by atoms with E-state index in [1.54, 1.807) is 12.1 Å². The molecule has 0 aliphatic carbocycles. The first-order valence-corrected chi connectivity index (χ1v) is 10.1. The Morgan fingerprint density at radius 2 is 1.94 bits per heavy atom. The van der Waals surface area contributed by atoms with E-state index in [4.69, 9.17) is 4.42 Å². The number of nitrogens with one attached hydrogen (secondary N) is 2. The number of furan rings is 1. The van der Waals surface area contributed by atoms with Crippen molar-refractivity contribution in [3.05, 3.63) is 64.6 Å². The Morgan fingerprint density at radius 1 is 1.16 bits per heavy atom. The minimum atomic E-state index is -4.42. The van der Waals surface area contributed by atoms with Gasteiger partial charge in [-0.3, -0.25) is 19.8 Å². The number of rotatable bonds is 5. The van der Waals surface area contributed by atoms with Gasteiger partial charge in [0.05, 0.1) is 24.1 Å². The summed E-state index contributed by atoms with van der Waals surface area (Å²) in [6, 6.07) is 7.49. The highest BCUT2D eigenvalue weighted by atomic mass is 32.1. The lowest BCUT2D eigenvalue weighted by Crippen LogP contribution is -2.36. The first kappa shape index (κ1) is 21.1. The number of amides is 2. The number of thiazole rings is 1. The van der Waals surface area contributed by atoms with Crippen LogP contribution in [-0.2, 0) is 23.9 Å². The van der Waals surface area contributed by atoms with Gasteiger partial charge in [-0.2, -0.15) is 13.2 Å². The number of alkyl halides is 3. The van der Waals surface area contributed by atoms with Gasteiger partial charge in [0, 0.05) is 30.1 Å². The van der Waals surface area contributed by atoms with Crippen LogP contribution in [0.15, 0.2) is 47.1 Å². The monoisotopic (exact) mass is 450 g/mol. The largest absolute Gasteiger partial charge is 0.459 e. The zero-order chi connectivity index (χ0) is 22.0. The quantitative estimate of drug-likeness (QED) is 0.614. The molecule has 31 heavy (non-hydrogen) atoms. The van der Waals surface area contributed by atoms with Crippen molar-refractivity contribution in [2.75, 3.05) is 23.7 Å². The molecule has 162 valence electrons. The minimum absolute atomic E-state index is 0.0897. The standard InChI is InChI=1S/C20H17F3N4O3S/c21-20(22,23)12-3-5-13(6-4-12)24-17(28)11-27-8-7-14-16(10-27)31-19(25-14)26-18(29)15-2-1-9-30-15/h1-6,9H,7-8,10-11H2,(H,24,28)(H,25,26,29). The molecule has 3 heterocycles. The molecule has 0 bridgehead atoms. The summed E-state index contributed by atoms with van der Waals surface area (Å²) < 4.78 is 42.9. The summed E-state index contributed by atoms with van der Waals surface area (Å²) in [5.41, 5.74) is 0.407. The van der Waals surface area contributed by atoms with Crippen molar-refractivity contribution < 1.29 is 27.2 Å². The fourth-order valence-corrected chi connectivity index (χ4v) is 4.20. The third-order valence-electron chi connectivity index (χ3n) is 4.64. The average Bonchev–Trinajstić information content (AvgIpc) is 3.37. The molecule has 1 aromatic carbocycles. The SMILES string of the molecule is O=C(CN1CCc2nc(NC(=O)c3ccco3)sc2C1)Nc1ccc(C(F)(F)F)cc1. The van der Waals surface area contributed by atoms with Crippen LogP contribution >= 0.6 is 11.3 Å². The summed E-state index contributed by atoms with van der Waals surface area (Å²) in [5, 5.41) is 5.77. The van der Waals surface area contributed by atoms with Crippen molar-refractivity contribution in [1.29, 1.82) is 0 Å². The van der Waals surface area contributed by atoms with Crippen LogP contribution < -0.4 is 10.6 Å². The Kier molecular flexibility index (Phi) is 5.79. The fourth-order valence-electron chi connectivity index (χ4n) is 3.15. The first-order valence-electron chi connectivity index (χ1n) is 9.31. The van der Waals surface area contributed by atoms with Gasteiger partial charge in [-0.25, -0.2) is 4.98 Å². The predicted octanol–water partition coefficient (Wildman–Crippen LogP) is 4.00. The lowest BCUT2D eigenvalue weighted by atomic mass is 10.2. The van der Waals surface area contributed by atoms with Crippen LogP contribution in [0.2, 0.25) is 0 Å². The molecule has 1 aliphatic heterocycles. The van der Waals surface area contributed by atoms with E-state index in [0.717, 1.165) is 22.7 Å². The summed E-state index contributed by atoms with van der Waals surface area (Å²) in [7, 11) is 0. The molecule has 2 N–H and O–H groups in total. The molecule has 3 aromatic rings. The molecule has 0 fully saturated rings. The lowest BCUT2D eigenvalue weighted by Gasteiger charge is -2.25. The van der Waals surface area contributed by atoms with Crippen molar-refractivity contribution in [2.24, 2.45) is 0 Å². The number of carbonyl (C=O) groups excluding carboxylic acids is 2. The molecule has 0 unspecified atom stereocenters. The van der Waals surface area contributed by atoms with Crippen LogP contribution in [0.25, 0.3) is 0 Å². The number of hydrogen-bond donors (Lipinski definition) is 2. The molecule has 7 nitrogen and oxygen atoms in total. The summed E-state index contributed by atoms with van der Waals surface area (Å²) in [6.07, 6.45) is -2.38.